The van der Waals surface area contributed by atoms with Crippen molar-refractivity contribution in [3.63, 3.8) is 0 Å². The van der Waals surface area contributed by atoms with Crippen molar-refractivity contribution in [1.82, 2.24) is 30.0 Å². The third-order valence-electron chi connectivity index (χ3n) is 9.39. The summed E-state index contributed by atoms with van der Waals surface area (Å²) in [5.74, 6) is -1.10. The Hall–Kier alpha value is -4.80. The number of hydrogen-bond donors (Lipinski definition) is 1. The number of anilines is 2. The average molecular weight is 674 g/mol. The Morgan fingerprint density at radius 1 is 1.17 bits per heavy atom. The van der Waals surface area contributed by atoms with E-state index in [0.29, 0.717) is 66.3 Å². The number of fused-ring (bicyclic) bond motifs is 3. The van der Waals surface area contributed by atoms with Crippen molar-refractivity contribution in [2.24, 2.45) is 0 Å². The summed E-state index contributed by atoms with van der Waals surface area (Å²) in [7, 11) is 2.09. The molecule has 0 spiro atoms. The molecule has 1 saturated heterocycles. The minimum absolute atomic E-state index is 0.00793. The van der Waals surface area contributed by atoms with Crippen molar-refractivity contribution in [1.29, 1.82) is 5.26 Å². The smallest absolute Gasteiger partial charge is 0.324 e. The van der Waals surface area contributed by atoms with E-state index in [1.54, 1.807) is 6.20 Å². The number of likely N-dealkylation sites (N-methyl/N-ethyl adjacent to an activating group) is 1. The zero-order valence-electron chi connectivity index (χ0n) is 26.5. The van der Waals surface area contributed by atoms with Crippen LogP contribution in [0.25, 0.3) is 10.9 Å². The normalized spacial score (nSPS) is 18.2. The van der Waals surface area contributed by atoms with Crippen LogP contribution in [0.4, 0.5) is 20.3 Å². The van der Waals surface area contributed by atoms with Crippen LogP contribution in [0.2, 0.25) is 5.02 Å². The van der Waals surface area contributed by atoms with Gasteiger partial charge in [-0.3, -0.25) is 9.89 Å². The van der Waals surface area contributed by atoms with Gasteiger partial charge in [-0.05, 0) is 37.9 Å². The Morgan fingerprint density at radius 3 is 2.83 bits per heavy atom. The zero-order chi connectivity index (χ0) is 33.5. The molecule has 0 saturated carbocycles. The number of amides is 1. The van der Waals surface area contributed by atoms with Crippen molar-refractivity contribution < 1.29 is 18.3 Å². The monoisotopic (exact) mass is 673 g/mol. The summed E-state index contributed by atoms with van der Waals surface area (Å²) >= 11 is 6.60. The van der Waals surface area contributed by atoms with Gasteiger partial charge in [0, 0.05) is 61.8 Å². The van der Waals surface area contributed by atoms with Gasteiger partial charge in [-0.1, -0.05) is 30.3 Å². The summed E-state index contributed by atoms with van der Waals surface area (Å²) in [6.45, 7) is 6.54. The summed E-state index contributed by atoms with van der Waals surface area (Å²) in [5, 5.41) is 17.3. The molecule has 0 unspecified atom stereocenters. The van der Waals surface area contributed by atoms with Crippen LogP contribution in [0.3, 0.4) is 0 Å². The van der Waals surface area contributed by atoms with E-state index in [1.807, 2.05) is 21.9 Å². The Kier molecular flexibility index (Phi) is 8.61. The Balaban J connectivity index is 1.30. The molecule has 2 aromatic heterocycles. The van der Waals surface area contributed by atoms with E-state index in [0.717, 1.165) is 30.6 Å². The molecule has 3 aliphatic heterocycles. The van der Waals surface area contributed by atoms with Gasteiger partial charge in [-0.25, -0.2) is 8.78 Å². The summed E-state index contributed by atoms with van der Waals surface area (Å²) < 4.78 is 35.4. The number of H-pyrrole nitrogens is 1. The quantitative estimate of drug-likeness (QED) is 0.273. The molecule has 48 heavy (non-hydrogen) atoms. The lowest BCUT2D eigenvalue weighted by Gasteiger charge is -2.41. The van der Waals surface area contributed by atoms with Crippen LogP contribution in [0.1, 0.15) is 35.2 Å². The molecule has 14 heteroatoms. The minimum Gasteiger partial charge on any atom is -0.424 e. The molecule has 0 aliphatic carbocycles. The summed E-state index contributed by atoms with van der Waals surface area (Å²) in [4.78, 5) is 30.2. The van der Waals surface area contributed by atoms with Gasteiger partial charge in [-0.2, -0.15) is 20.3 Å². The Labute approximate surface area is 281 Å². The second kappa shape index (κ2) is 13.0. The number of ether oxygens (including phenoxy) is 1. The van der Waals surface area contributed by atoms with Crippen LogP contribution >= 0.6 is 11.6 Å². The molecule has 1 atom stereocenters. The fourth-order valence-corrected chi connectivity index (χ4v) is 7.35. The van der Waals surface area contributed by atoms with Crippen molar-refractivity contribution in [3.8, 4) is 17.8 Å². The maximum absolute atomic E-state index is 15.0. The number of aromatic nitrogens is 4. The number of nitrogens with one attached hydrogen (secondary N) is 1. The van der Waals surface area contributed by atoms with Crippen LogP contribution in [0, 0.1) is 17.1 Å². The largest absolute Gasteiger partial charge is 0.424 e. The number of piperazine rings is 1. The summed E-state index contributed by atoms with van der Waals surface area (Å²) in [6, 6.07) is 9.04. The number of hydrogen-bond acceptors (Lipinski definition) is 9. The lowest BCUT2D eigenvalue weighted by atomic mass is 9.99. The van der Waals surface area contributed by atoms with E-state index in [2.05, 4.69) is 40.9 Å². The van der Waals surface area contributed by atoms with Crippen molar-refractivity contribution in [2.75, 3.05) is 49.6 Å². The van der Waals surface area contributed by atoms with Crippen molar-refractivity contribution in [3.05, 3.63) is 76.1 Å². The molecular formula is C34H34ClF2N9O2. The Morgan fingerprint density at radius 2 is 2.02 bits per heavy atom. The highest BCUT2D eigenvalue weighted by Gasteiger charge is 2.35. The molecule has 1 fully saturated rings. The predicted octanol–water partition coefficient (Wildman–Crippen LogP) is 5.29. The Bertz CT molecular complexity index is 1960. The SMILES string of the molecule is C=C(F)C(=O)N1CCN(c2nc(Oc3cccc4c3CCN(C)C4)nc3c2CCCN(c2c(Cl)c(F)cc4[nH]ncc24)C3)C[C@@H]1CC#N. The molecule has 3 aliphatic rings. The first-order chi connectivity index (χ1) is 23.2. The number of carbonyl (C=O) groups excluding carboxylic acids is 1. The van der Waals surface area contributed by atoms with E-state index in [-0.39, 0.29) is 30.5 Å². The molecule has 248 valence electrons. The first-order valence-corrected chi connectivity index (χ1v) is 16.3. The van der Waals surface area contributed by atoms with Gasteiger partial charge in [0.2, 0.25) is 0 Å². The number of nitrogens with zero attached hydrogens (tertiary/aromatic N) is 8. The third kappa shape index (κ3) is 5.90. The second-order valence-electron chi connectivity index (χ2n) is 12.5. The molecule has 7 rings (SSSR count). The average Bonchev–Trinajstić information content (AvgIpc) is 3.42. The number of aromatic amines is 1. The molecule has 2 aromatic carbocycles. The van der Waals surface area contributed by atoms with Gasteiger partial charge in [0.05, 0.1) is 48.2 Å². The van der Waals surface area contributed by atoms with Gasteiger partial charge in [0.25, 0.3) is 5.91 Å². The molecule has 0 bridgehead atoms. The van der Waals surface area contributed by atoms with E-state index in [4.69, 9.17) is 26.3 Å². The lowest BCUT2D eigenvalue weighted by Crippen LogP contribution is -2.55. The highest BCUT2D eigenvalue weighted by molar-refractivity contribution is 6.35. The maximum atomic E-state index is 15.0. The number of halogens is 3. The van der Waals surface area contributed by atoms with E-state index >= 15 is 4.39 Å². The van der Waals surface area contributed by atoms with Crippen LogP contribution in [0.15, 0.2) is 42.9 Å². The van der Waals surface area contributed by atoms with Gasteiger partial charge >= 0.3 is 6.01 Å². The predicted molar refractivity (Wildman–Crippen MR) is 177 cm³/mol. The standard InChI is InChI=1S/C34H34ClF2N9O2/c1-20(36)33(47)46-14-13-45(18-22(46)8-10-38)32-24-6-4-11-44(31-25-16-39-42-27(25)15-26(37)30(31)35)19-28(24)40-34(41-32)48-29-7-3-5-21-17-43(2)12-9-23(21)29/h3,5,7,15-16,22H,1,4,6,8-9,11-14,17-19H2,2H3,(H,39,42)/t22-/m0/s1. The molecule has 11 nitrogen and oxygen atoms in total. The van der Waals surface area contributed by atoms with Crippen LogP contribution in [-0.2, 0) is 30.7 Å². The topological polar surface area (TPSA) is 118 Å². The maximum Gasteiger partial charge on any atom is 0.324 e. The fraction of sp³-hybridized carbons (Fsp3) is 0.382. The highest BCUT2D eigenvalue weighted by atomic mass is 35.5. The summed E-state index contributed by atoms with van der Waals surface area (Å²) in [5.41, 5.74) is 4.95. The van der Waals surface area contributed by atoms with Crippen molar-refractivity contribution in [2.45, 2.75) is 44.8 Å². The van der Waals surface area contributed by atoms with E-state index in [9.17, 15) is 14.4 Å². The first kappa shape index (κ1) is 31.8. The zero-order valence-corrected chi connectivity index (χ0v) is 27.2. The van der Waals surface area contributed by atoms with E-state index < -0.39 is 23.6 Å². The van der Waals surface area contributed by atoms with Gasteiger partial charge in [0.15, 0.2) is 5.83 Å². The fourth-order valence-electron chi connectivity index (χ4n) is 7.07. The first-order valence-electron chi connectivity index (χ1n) is 15.9. The van der Waals surface area contributed by atoms with Gasteiger partial charge in [0.1, 0.15) is 22.4 Å². The number of rotatable bonds is 6. The van der Waals surface area contributed by atoms with Gasteiger partial charge < -0.3 is 24.3 Å². The highest BCUT2D eigenvalue weighted by Crippen LogP contribution is 2.40. The van der Waals surface area contributed by atoms with Crippen LogP contribution in [-0.4, -0.2) is 81.7 Å². The molecule has 4 aromatic rings. The molecule has 0 radical (unpaired) electrons. The molecule has 1 amide bonds. The third-order valence-corrected chi connectivity index (χ3v) is 9.75. The van der Waals surface area contributed by atoms with Crippen LogP contribution in [0.5, 0.6) is 11.8 Å². The minimum atomic E-state index is -1.06. The number of benzene rings is 2. The second-order valence-corrected chi connectivity index (χ2v) is 12.9. The van der Waals surface area contributed by atoms with Crippen molar-refractivity contribution >= 4 is 39.9 Å². The number of carbonyl (C=O) groups is 1. The van der Waals surface area contributed by atoms with Gasteiger partial charge in [-0.15, -0.1) is 0 Å². The summed E-state index contributed by atoms with van der Waals surface area (Å²) in [6.07, 6.45) is 3.78. The molecular weight excluding hydrogens is 640 g/mol. The lowest BCUT2D eigenvalue weighted by molar-refractivity contribution is -0.131. The number of nitriles is 1. The molecule has 5 heterocycles. The van der Waals surface area contributed by atoms with E-state index in [1.165, 1.54) is 16.5 Å². The van der Waals surface area contributed by atoms with Crippen LogP contribution < -0.4 is 14.5 Å². The molecule has 1 N–H and O–H groups in total.